The van der Waals surface area contributed by atoms with Gasteiger partial charge in [0, 0.05) is 11.6 Å². The Morgan fingerprint density at radius 2 is 1.53 bits per heavy atom. The molecule has 1 aliphatic carbocycles. The SMILES string of the molecule is O=C(NC(=NCc1ccccc1C(F)(F)F)NC1CCC(O)CC1)c1ccc(C(F)(F)F)cc1. The van der Waals surface area contributed by atoms with Crippen molar-refractivity contribution in [3.05, 3.63) is 70.8 Å². The zero-order chi connectivity index (χ0) is 24.9. The molecule has 0 aliphatic heterocycles. The summed E-state index contributed by atoms with van der Waals surface area (Å²) in [7, 11) is 0. The molecular weight excluding hydrogens is 464 g/mol. The van der Waals surface area contributed by atoms with Gasteiger partial charge in [-0.25, -0.2) is 4.99 Å². The van der Waals surface area contributed by atoms with Crippen molar-refractivity contribution in [3.63, 3.8) is 0 Å². The highest BCUT2D eigenvalue weighted by molar-refractivity contribution is 6.05. The molecule has 1 saturated carbocycles. The minimum absolute atomic E-state index is 0.0720. The highest BCUT2D eigenvalue weighted by Crippen LogP contribution is 2.32. The lowest BCUT2D eigenvalue weighted by molar-refractivity contribution is -0.138. The molecule has 1 fully saturated rings. The van der Waals surface area contributed by atoms with Crippen LogP contribution in [0.1, 0.15) is 52.7 Å². The third kappa shape index (κ3) is 6.96. The van der Waals surface area contributed by atoms with Crippen LogP contribution < -0.4 is 10.6 Å². The van der Waals surface area contributed by atoms with Gasteiger partial charge in [0.05, 0.1) is 23.8 Å². The zero-order valence-corrected chi connectivity index (χ0v) is 17.9. The second-order valence-corrected chi connectivity index (χ2v) is 8.00. The Labute approximate surface area is 191 Å². The fraction of sp³-hybridized carbons (Fsp3) is 0.391. The summed E-state index contributed by atoms with van der Waals surface area (Å²) in [6.45, 7) is -0.388. The van der Waals surface area contributed by atoms with E-state index in [1.165, 1.54) is 18.2 Å². The molecule has 0 heterocycles. The van der Waals surface area contributed by atoms with Crippen molar-refractivity contribution in [1.29, 1.82) is 0 Å². The third-order valence-corrected chi connectivity index (χ3v) is 5.47. The molecule has 2 aromatic carbocycles. The van der Waals surface area contributed by atoms with E-state index in [1.807, 2.05) is 0 Å². The number of carbonyl (C=O) groups is 1. The van der Waals surface area contributed by atoms with E-state index in [1.54, 1.807) is 0 Å². The van der Waals surface area contributed by atoms with Gasteiger partial charge in [-0.15, -0.1) is 0 Å². The molecule has 1 amide bonds. The molecule has 5 nitrogen and oxygen atoms in total. The van der Waals surface area contributed by atoms with E-state index in [4.69, 9.17) is 0 Å². The quantitative estimate of drug-likeness (QED) is 0.326. The normalized spacial score (nSPS) is 19.6. The first-order valence-corrected chi connectivity index (χ1v) is 10.6. The Kier molecular flexibility index (Phi) is 7.86. The van der Waals surface area contributed by atoms with Crippen LogP contribution in [0.5, 0.6) is 0 Å². The number of hydrogen-bond donors (Lipinski definition) is 3. The predicted octanol–water partition coefficient (Wildman–Crippen LogP) is 4.90. The van der Waals surface area contributed by atoms with Crippen LogP contribution in [0, 0.1) is 0 Å². The van der Waals surface area contributed by atoms with Gasteiger partial charge in [0.15, 0.2) is 5.96 Å². The molecule has 0 atom stereocenters. The van der Waals surface area contributed by atoms with Crippen LogP contribution in [0.4, 0.5) is 26.3 Å². The molecule has 0 unspecified atom stereocenters. The van der Waals surface area contributed by atoms with Gasteiger partial charge in [-0.05, 0) is 61.6 Å². The topological polar surface area (TPSA) is 73.7 Å². The molecule has 184 valence electrons. The predicted molar refractivity (Wildman–Crippen MR) is 113 cm³/mol. The maximum atomic E-state index is 13.3. The molecule has 3 rings (SSSR count). The van der Waals surface area contributed by atoms with Crippen LogP contribution in [0.2, 0.25) is 0 Å². The summed E-state index contributed by atoms with van der Waals surface area (Å²) in [5.74, 6) is -0.858. The van der Waals surface area contributed by atoms with Crippen molar-refractivity contribution >= 4 is 11.9 Å². The Morgan fingerprint density at radius 3 is 2.12 bits per heavy atom. The first-order valence-electron chi connectivity index (χ1n) is 10.6. The van der Waals surface area contributed by atoms with Crippen molar-refractivity contribution in [2.24, 2.45) is 4.99 Å². The van der Waals surface area contributed by atoms with Crippen molar-refractivity contribution in [3.8, 4) is 0 Å². The molecule has 0 aromatic heterocycles. The maximum Gasteiger partial charge on any atom is 0.416 e. The molecule has 0 saturated heterocycles. The van der Waals surface area contributed by atoms with Crippen LogP contribution in [-0.4, -0.2) is 29.1 Å². The Bertz CT molecular complexity index is 1010. The highest BCUT2D eigenvalue weighted by Gasteiger charge is 2.33. The van der Waals surface area contributed by atoms with Gasteiger partial charge in [0.1, 0.15) is 0 Å². The first kappa shape index (κ1) is 25.5. The van der Waals surface area contributed by atoms with E-state index >= 15 is 0 Å². The van der Waals surface area contributed by atoms with Crippen LogP contribution in [0.3, 0.4) is 0 Å². The number of benzene rings is 2. The lowest BCUT2D eigenvalue weighted by Gasteiger charge is -2.27. The number of aliphatic hydroxyl groups excluding tert-OH is 1. The molecular formula is C23H23F6N3O2. The van der Waals surface area contributed by atoms with Crippen molar-refractivity contribution in [2.45, 2.75) is 56.7 Å². The minimum Gasteiger partial charge on any atom is -0.393 e. The average molecular weight is 487 g/mol. The minimum atomic E-state index is -4.58. The number of nitrogens with zero attached hydrogens (tertiary/aromatic N) is 1. The molecule has 2 aromatic rings. The Balaban J connectivity index is 1.80. The average Bonchev–Trinajstić information content (AvgIpc) is 2.78. The summed E-state index contributed by atoms with van der Waals surface area (Å²) in [5, 5.41) is 15.1. The number of aliphatic imine (C=N–C) groups is 1. The largest absolute Gasteiger partial charge is 0.416 e. The lowest BCUT2D eigenvalue weighted by Crippen LogP contribution is -2.47. The van der Waals surface area contributed by atoms with Gasteiger partial charge in [-0.3, -0.25) is 10.1 Å². The van der Waals surface area contributed by atoms with E-state index in [9.17, 15) is 36.2 Å². The fourth-order valence-electron chi connectivity index (χ4n) is 3.62. The maximum absolute atomic E-state index is 13.3. The van der Waals surface area contributed by atoms with Crippen LogP contribution in [-0.2, 0) is 18.9 Å². The third-order valence-electron chi connectivity index (χ3n) is 5.47. The van der Waals surface area contributed by atoms with Crippen molar-refractivity contribution in [1.82, 2.24) is 10.6 Å². The van der Waals surface area contributed by atoms with Crippen molar-refractivity contribution in [2.75, 3.05) is 0 Å². The smallest absolute Gasteiger partial charge is 0.393 e. The number of amides is 1. The van der Waals surface area contributed by atoms with E-state index in [0.29, 0.717) is 25.7 Å². The molecule has 0 radical (unpaired) electrons. The van der Waals surface area contributed by atoms with Crippen LogP contribution in [0.15, 0.2) is 53.5 Å². The molecule has 11 heteroatoms. The molecule has 34 heavy (non-hydrogen) atoms. The number of halogens is 6. The summed E-state index contributed by atoms with van der Waals surface area (Å²) < 4.78 is 78.2. The van der Waals surface area contributed by atoms with Crippen molar-refractivity contribution < 1.29 is 36.2 Å². The van der Waals surface area contributed by atoms with Crippen LogP contribution in [0.25, 0.3) is 0 Å². The monoisotopic (exact) mass is 487 g/mol. The highest BCUT2D eigenvalue weighted by atomic mass is 19.4. The lowest BCUT2D eigenvalue weighted by atomic mass is 9.93. The number of aliphatic hydroxyl groups is 1. The second kappa shape index (κ2) is 10.5. The van der Waals surface area contributed by atoms with Crippen LogP contribution >= 0.6 is 0 Å². The standard InChI is InChI=1S/C23H23F6N3O2/c24-22(25,26)16-7-5-14(6-8-16)20(34)32-21(31-17-9-11-18(33)12-10-17)30-13-15-3-1-2-4-19(15)23(27,28)29/h1-8,17-18,33H,9-13H2,(H2,30,31,32,34). The number of carbonyl (C=O) groups excluding carboxylic acids is 1. The van der Waals surface area contributed by atoms with Gasteiger partial charge < -0.3 is 10.4 Å². The summed E-state index contributed by atoms with van der Waals surface area (Å²) in [6, 6.07) is 8.26. The Morgan fingerprint density at radius 1 is 0.912 bits per heavy atom. The number of rotatable bonds is 4. The van der Waals surface area contributed by atoms with E-state index in [0.717, 1.165) is 30.3 Å². The number of nitrogens with one attached hydrogen (secondary N) is 2. The Hall–Kier alpha value is -3.08. The summed E-state index contributed by atoms with van der Waals surface area (Å²) >= 11 is 0. The van der Waals surface area contributed by atoms with Gasteiger partial charge in [0.25, 0.3) is 5.91 Å². The first-order chi connectivity index (χ1) is 15.9. The van der Waals surface area contributed by atoms with E-state index < -0.39 is 35.5 Å². The molecule has 0 bridgehead atoms. The number of guanidine groups is 1. The van der Waals surface area contributed by atoms with Gasteiger partial charge in [0.2, 0.25) is 0 Å². The number of alkyl halides is 6. The summed E-state index contributed by atoms with van der Waals surface area (Å²) in [4.78, 5) is 16.7. The zero-order valence-electron chi connectivity index (χ0n) is 17.9. The van der Waals surface area contributed by atoms with Gasteiger partial charge in [-0.2, -0.15) is 26.3 Å². The summed E-state index contributed by atoms with van der Waals surface area (Å²) in [5.41, 5.74) is -1.94. The summed E-state index contributed by atoms with van der Waals surface area (Å²) in [6.07, 6.45) is -7.46. The molecule has 0 spiro atoms. The molecule has 1 aliphatic rings. The van der Waals surface area contributed by atoms with Gasteiger partial charge >= 0.3 is 12.4 Å². The fourth-order valence-corrected chi connectivity index (χ4v) is 3.62. The van der Waals surface area contributed by atoms with Gasteiger partial charge in [-0.1, -0.05) is 18.2 Å². The molecule has 3 N–H and O–H groups in total. The van der Waals surface area contributed by atoms with E-state index in [2.05, 4.69) is 15.6 Å². The second-order valence-electron chi connectivity index (χ2n) is 8.00. The number of hydrogen-bond acceptors (Lipinski definition) is 3. The van der Waals surface area contributed by atoms with E-state index in [-0.39, 0.29) is 29.7 Å².